The molecule has 0 saturated carbocycles. The molecule has 0 saturated heterocycles. The van der Waals surface area contributed by atoms with Gasteiger partial charge >= 0.3 is 5.97 Å². The summed E-state index contributed by atoms with van der Waals surface area (Å²) in [6, 6.07) is 13.1. The molecule has 0 aliphatic carbocycles. The predicted octanol–water partition coefficient (Wildman–Crippen LogP) is 3.93. The quantitative estimate of drug-likeness (QED) is 0.632. The van der Waals surface area contributed by atoms with Crippen LogP contribution in [0.4, 0.5) is 0 Å². The molecule has 0 spiro atoms. The molecule has 146 valence electrons. The molecule has 1 aliphatic rings. The average Bonchev–Trinajstić information content (AvgIpc) is 3.17. The second-order valence-corrected chi connectivity index (χ2v) is 7.63. The van der Waals surface area contributed by atoms with Crippen molar-refractivity contribution in [2.24, 2.45) is 5.10 Å². The van der Waals surface area contributed by atoms with Crippen molar-refractivity contribution in [3.8, 4) is 0 Å². The van der Waals surface area contributed by atoms with E-state index in [1.165, 1.54) is 5.01 Å². The summed E-state index contributed by atoms with van der Waals surface area (Å²) in [6.45, 7) is 0. The zero-order valence-electron chi connectivity index (χ0n) is 15.3. The summed E-state index contributed by atoms with van der Waals surface area (Å²) in [6.07, 6.45) is 3.46. The Labute approximate surface area is 175 Å². The highest BCUT2D eigenvalue weighted by atomic mass is 79.9. The highest BCUT2D eigenvalue weighted by Gasteiger charge is 2.33. The molecular weight excluding hydrogens is 436 g/mol. The lowest BCUT2D eigenvalue weighted by molar-refractivity contribution is -0.141. The Morgan fingerprint density at radius 2 is 1.76 bits per heavy atom. The van der Waals surface area contributed by atoms with Crippen molar-refractivity contribution in [1.82, 2.24) is 15.0 Å². The number of carboxylic acid groups (broad SMARTS) is 1. The largest absolute Gasteiger partial charge is 0.481 e. The normalized spacial score (nSPS) is 16.1. The van der Waals surface area contributed by atoms with Crippen LogP contribution < -0.4 is 0 Å². The first kappa shape index (κ1) is 19.2. The molecular formula is C21H17BrN4O3. The molecule has 29 heavy (non-hydrogen) atoms. The number of nitrogens with zero attached hydrogens (tertiary/aromatic N) is 4. The topological polar surface area (TPSA) is 95.8 Å². The monoisotopic (exact) mass is 452 g/mol. The Bertz CT molecular complexity index is 1110. The number of aliphatic carboxylic acids is 1. The zero-order valence-corrected chi connectivity index (χ0v) is 16.9. The van der Waals surface area contributed by atoms with Gasteiger partial charge in [-0.2, -0.15) is 5.10 Å². The molecule has 3 aromatic rings. The molecule has 4 rings (SSSR count). The van der Waals surface area contributed by atoms with Crippen LogP contribution in [-0.4, -0.2) is 37.7 Å². The van der Waals surface area contributed by atoms with Crippen molar-refractivity contribution in [1.29, 1.82) is 0 Å². The molecule has 1 atom stereocenters. The maximum absolute atomic E-state index is 12.7. The minimum absolute atomic E-state index is 0.101. The number of hydrogen-bond acceptors (Lipinski definition) is 5. The Morgan fingerprint density at radius 1 is 1.03 bits per heavy atom. The molecule has 0 radical (unpaired) electrons. The lowest BCUT2D eigenvalue weighted by Gasteiger charge is -2.22. The summed E-state index contributed by atoms with van der Waals surface area (Å²) in [7, 11) is 0. The minimum atomic E-state index is -1.01. The fourth-order valence-electron chi connectivity index (χ4n) is 3.33. The van der Waals surface area contributed by atoms with E-state index in [1.807, 2.05) is 42.5 Å². The first-order valence-corrected chi connectivity index (χ1v) is 9.88. The summed E-state index contributed by atoms with van der Waals surface area (Å²) in [5, 5.41) is 14.9. The van der Waals surface area contributed by atoms with Gasteiger partial charge in [0.05, 0.1) is 29.2 Å². The summed E-state index contributed by atoms with van der Waals surface area (Å²) >= 11 is 3.42. The molecule has 0 fully saturated rings. The summed E-state index contributed by atoms with van der Waals surface area (Å²) in [5.41, 5.74) is 4.10. The number of hydrogen-bond donors (Lipinski definition) is 1. The van der Waals surface area contributed by atoms with E-state index >= 15 is 0 Å². The van der Waals surface area contributed by atoms with Crippen molar-refractivity contribution >= 4 is 44.6 Å². The van der Waals surface area contributed by atoms with Crippen LogP contribution >= 0.6 is 15.9 Å². The van der Waals surface area contributed by atoms with Gasteiger partial charge in [0.2, 0.25) is 5.91 Å². The van der Waals surface area contributed by atoms with Crippen LogP contribution in [0, 0.1) is 0 Å². The van der Waals surface area contributed by atoms with Crippen molar-refractivity contribution in [3.05, 3.63) is 70.5 Å². The van der Waals surface area contributed by atoms with Gasteiger partial charge in [-0.3, -0.25) is 19.6 Å². The Hall–Kier alpha value is -3.13. The number of amides is 1. The van der Waals surface area contributed by atoms with Crippen molar-refractivity contribution in [2.45, 2.75) is 25.3 Å². The molecule has 1 aliphatic heterocycles. The fourth-order valence-corrected chi connectivity index (χ4v) is 3.60. The lowest BCUT2D eigenvalue weighted by Crippen LogP contribution is -2.27. The van der Waals surface area contributed by atoms with E-state index in [-0.39, 0.29) is 24.8 Å². The van der Waals surface area contributed by atoms with Gasteiger partial charge in [0, 0.05) is 29.7 Å². The lowest BCUT2D eigenvalue weighted by atomic mass is 9.98. The predicted molar refractivity (Wildman–Crippen MR) is 111 cm³/mol. The van der Waals surface area contributed by atoms with Gasteiger partial charge in [0.15, 0.2) is 0 Å². The minimum Gasteiger partial charge on any atom is -0.481 e. The number of fused-ring (bicyclic) bond motifs is 1. The SMILES string of the molecule is O=C(O)CCC(=O)N1N=C(c2ccc(Br)cc2)CC1c1ccc2nccnc2c1. The van der Waals surface area contributed by atoms with Crippen LogP contribution in [0.1, 0.15) is 36.4 Å². The summed E-state index contributed by atoms with van der Waals surface area (Å²) in [4.78, 5) is 32.3. The van der Waals surface area contributed by atoms with Gasteiger partial charge in [-0.25, -0.2) is 5.01 Å². The van der Waals surface area contributed by atoms with Gasteiger partial charge in [-0.05, 0) is 35.4 Å². The second-order valence-electron chi connectivity index (χ2n) is 6.71. The second kappa shape index (κ2) is 8.08. The van der Waals surface area contributed by atoms with E-state index in [1.54, 1.807) is 12.4 Å². The average molecular weight is 453 g/mol. The van der Waals surface area contributed by atoms with E-state index in [0.29, 0.717) is 6.42 Å². The third-order valence-corrected chi connectivity index (χ3v) is 5.30. The van der Waals surface area contributed by atoms with E-state index < -0.39 is 5.97 Å². The highest BCUT2D eigenvalue weighted by molar-refractivity contribution is 9.10. The first-order valence-electron chi connectivity index (χ1n) is 9.09. The van der Waals surface area contributed by atoms with Crippen LogP contribution in [0.5, 0.6) is 0 Å². The van der Waals surface area contributed by atoms with Crippen LogP contribution in [0.2, 0.25) is 0 Å². The molecule has 1 aromatic heterocycles. The van der Waals surface area contributed by atoms with E-state index in [2.05, 4.69) is 31.0 Å². The maximum atomic E-state index is 12.7. The number of carbonyl (C=O) groups is 2. The molecule has 8 heteroatoms. The smallest absolute Gasteiger partial charge is 0.303 e. The standard InChI is InChI=1S/C21H17BrN4O3/c22-15-4-1-13(2-5-15)17-12-19(26(25-17)20(27)7-8-21(28)29)14-3-6-16-18(11-14)24-10-9-23-16/h1-6,9-11,19H,7-8,12H2,(H,28,29). The summed E-state index contributed by atoms with van der Waals surface area (Å²) in [5.74, 6) is -1.32. The molecule has 2 aromatic carbocycles. The van der Waals surface area contributed by atoms with Gasteiger partial charge < -0.3 is 5.11 Å². The number of aromatic nitrogens is 2. The van der Waals surface area contributed by atoms with Crippen LogP contribution in [0.3, 0.4) is 0 Å². The highest BCUT2D eigenvalue weighted by Crippen LogP contribution is 2.34. The molecule has 7 nitrogen and oxygen atoms in total. The third-order valence-electron chi connectivity index (χ3n) is 4.77. The number of halogens is 1. The molecule has 2 heterocycles. The van der Waals surface area contributed by atoms with Gasteiger partial charge in [-0.15, -0.1) is 0 Å². The van der Waals surface area contributed by atoms with Gasteiger partial charge in [0.1, 0.15) is 0 Å². The third kappa shape index (κ3) is 4.17. The zero-order chi connectivity index (χ0) is 20.4. The van der Waals surface area contributed by atoms with E-state index in [4.69, 9.17) is 5.11 Å². The van der Waals surface area contributed by atoms with Gasteiger partial charge in [-0.1, -0.05) is 34.1 Å². The molecule has 1 N–H and O–H groups in total. The number of rotatable bonds is 5. The van der Waals surface area contributed by atoms with Crippen molar-refractivity contribution in [2.75, 3.05) is 0 Å². The van der Waals surface area contributed by atoms with Crippen molar-refractivity contribution < 1.29 is 14.7 Å². The molecule has 0 bridgehead atoms. The van der Waals surface area contributed by atoms with Crippen molar-refractivity contribution in [3.63, 3.8) is 0 Å². The number of hydrazone groups is 1. The van der Waals surface area contributed by atoms with E-state index in [0.717, 1.165) is 32.3 Å². The van der Waals surface area contributed by atoms with Gasteiger partial charge in [0.25, 0.3) is 0 Å². The number of carbonyl (C=O) groups excluding carboxylic acids is 1. The van der Waals surface area contributed by atoms with Crippen LogP contribution in [-0.2, 0) is 9.59 Å². The Kier molecular flexibility index (Phi) is 5.35. The molecule has 1 amide bonds. The first-order chi connectivity index (χ1) is 14.0. The molecule has 1 unspecified atom stereocenters. The fraction of sp³-hybridized carbons (Fsp3) is 0.190. The summed E-state index contributed by atoms with van der Waals surface area (Å²) < 4.78 is 0.957. The van der Waals surface area contributed by atoms with Crippen LogP contribution in [0.15, 0.2) is 64.4 Å². The van der Waals surface area contributed by atoms with E-state index in [9.17, 15) is 9.59 Å². The Balaban J connectivity index is 1.68. The number of carboxylic acids is 1. The maximum Gasteiger partial charge on any atom is 0.303 e. The van der Waals surface area contributed by atoms with Crippen LogP contribution in [0.25, 0.3) is 11.0 Å². The Morgan fingerprint density at radius 3 is 2.48 bits per heavy atom. The number of benzene rings is 2.